The van der Waals surface area contributed by atoms with Gasteiger partial charge in [0.2, 0.25) is 0 Å². The van der Waals surface area contributed by atoms with Crippen LogP contribution in [0.3, 0.4) is 0 Å². The van der Waals surface area contributed by atoms with Gasteiger partial charge in [-0.1, -0.05) is 0 Å². The highest BCUT2D eigenvalue weighted by Crippen LogP contribution is 2.24. The van der Waals surface area contributed by atoms with Crippen LogP contribution in [0.15, 0.2) is 30.6 Å². The Morgan fingerprint density at radius 3 is 2.88 bits per heavy atom. The van der Waals surface area contributed by atoms with Crippen molar-refractivity contribution in [2.75, 3.05) is 0 Å². The maximum absolute atomic E-state index is 13.9. The second-order valence-corrected chi connectivity index (χ2v) is 3.80. The van der Waals surface area contributed by atoms with Gasteiger partial charge < -0.3 is 0 Å². The zero-order valence-electron chi connectivity index (χ0n) is 9.11. The minimum Gasteiger partial charge on any atom is -0.264 e. The number of halogens is 1. The molecule has 0 fully saturated rings. The topological polar surface area (TPSA) is 54.5 Å². The van der Waals surface area contributed by atoms with Crippen molar-refractivity contribution in [2.45, 2.75) is 6.92 Å². The predicted molar refractivity (Wildman–Crippen MR) is 61.8 cm³/mol. The first-order valence-electron chi connectivity index (χ1n) is 5.17. The Morgan fingerprint density at radius 1 is 1.24 bits per heavy atom. The van der Waals surface area contributed by atoms with Gasteiger partial charge in [0.05, 0.1) is 5.56 Å². The van der Waals surface area contributed by atoms with Crippen LogP contribution < -0.4 is 0 Å². The molecule has 0 unspecified atom stereocenters. The van der Waals surface area contributed by atoms with Gasteiger partial charge in [0, 0.05) is 17.8 Å². The number of hydrogen-bond acceptors (Lipinski definition) is 3. The SMILES string of the molecule is Cc1nc(-c2cc3ccncc3cc2F)n[nH]1. The van der Waals surface area contributed by atoms with Crippen molar-refractivity contribution in [3.05, 3.63) is 42.2 Å². The fourth-order valence-electron chi connectivity index (χ4n) is 1.74. The van der Waals surface area contributed by atoms with Crippen LogP contribution >= 0.6 is 0 Å². The molecule has 0 atom stereocenters. The molecule has 2 aromatic heterocycles. The van der Waals surface area contributed by atoms with Gasteiger partial charge >= 0.3 is 0 Å². The van der Waals surface area contributed by atoms with Crippen LogP contribution in [0, 0.1) is 12.7 Å². The van der Waals surface area contributed by atoms with E-state index in [1.54, 1.807) is 25.4 Å². The summed E-state index contributed by atoms with van der Waals surface area (Å²) in [4.78, 5) is 8.08. The third kappa shape index (κ3) is 1.65. The molecule has 0 aliphatic heterocycles. The van der Waals surface area contributed by atoms with E-state index >= 15 is 0 Å². The van der Waals surface area contributed by atoms with Crippen LogP contribution in [0.4, 0.5) is 4.39 Å². The second kappa shape index (κ2) is 3.62. The Hall–Kier alpha value is -2.30. The van der Waals surface area contributed by atoms with Crippen LogP contribution in [0.25, 0.3) is 22.2 Å². The third-order valence-corrected chi connectivity index (χ3v) is 2.56. The van der Waals surface area contributed by atoms with Crippen LogP contribution in [0.1, 0.15) is 5.82 Å². The van der Waals surface area contributed by atoms with Crippen molar-refractivity contribution in [1.82, 2.24) is 20.2 Å². The molecule has 0 radical (unpaired) electrons. The molecule has 0 saturated carbocycles. The molecule has 84 valence electrons. The molecular weight excluding hydrogens is 219 g/mol. The molecule has 2 heterocycles. The number of H-pyrrole nitrogens is 1. The highest BCUT2D eigenvalue weighted by atomic mass is 19.1. The lowest BCUT2D eigenvalue weighted by Gasteiger charge is -2.01. The highest BCUT2D eigenvalue weighted by Gasteiger charge is 2.11. The molecule has 0 bridgehead atoms. The summed E-state index contributed by atoms with van der Waals surface area (Å²) in [5.41, 5.74) is 0.396. The van der Waals surface area contributed by atoms with E-state index in [2.05, 4.69) is 20.2 Å². The summed E-state index contributed by atoms with van der Waals surface area (Å²) < 4.78 is 13.9. The van der Waals surface area contributed by atoms with Gasteiger partial charge in [0.15, 0.2) is 5.82 Å². The van der Waals surface area contributed by atoms with Gasteiger partial charge in [-0.25, -0.2) is 9.37 Å². The molecule has 3 rings (SSSR count). The lowest BCUT2D eigenvalue weighted by molar-refractivity contribution is 0.632. The number of rotatable bonds is 1. The van der Waals surface area contributed by atoms with E-state index in [4.69, 9.17) is 0 Å². The number of nitrogens with zero attached hydrogens (tertiary/aromatic N) is 3. The normalized spacial score (nSPS) is 10.9. The van der Waals surface area contributed by atoms with Crippen LogP contribution in [0.2, 0.25) is 0 Å². The summed E-state index contributed by atoms with van der Waals surface area (Å²) in [7, 11) is 0. The average molecular weight is 228 g/mol. The first-order valence-corrected chi connectivity index (χ1v) is 5.17. The van der Waals surface area contributed by atoms with Crippen molar-refractivity contribution in [2.24, 2.45) is 0 Å². The maximum Gasteiger partial charge on any atom is 0.184 e. The van der Waals surface area contributed by atoms with Crippen LogP contribution in [-0.2, 0) is 0 Å². The summed E-state index contributed by atoms with van der Waals surface area (Å²) in [5, 5.41) is 8.34. The molecule has 1 aromatic carbocycles. The van der Waals surface area contributed by atoms with Gasteiger partial charge in [-0.05, 0) is 30.5 Å². The van der Waals surface area contributed by atoms with Crippen molar-refractivity contribution in [1.29, 1.82) is 0 Å². The van der Waals surface area contributed by atoms with Crippen LogP contribution in [0.5, 0.6) is 0 Å². The number of aryl methyl sites for hydroxylation is 1. The van der Waals surface area contributed by atoms with Gasteiger partial charge in [-0.15, -0.1) is 0 Å². The molecular formula is C12H9FN4. The first-order chi connectivity index (χ1) is 8.24. The molecule has 0 saturated heterocycles. The maximum atomic E-state index is 13.9. The number of aromatic nitrogens is 4. The Bertz CT molecular complexity index is 690. The van der Waals surface area contributed by atoms with Crippen molar-refractivity contribution in [3.8, 4) is 11.4 Å². The number of pyridine rings is 1. The van der Waals surface area contributed by atoms with E-state index in [9.17, 15) is 4.39 Å². The largest absolute Gasteiger partial charge is 0.264 e. The predicted octanol–water partition coefficient (Wildman–Crippen LogP) is 2.47. The van der Waals surface area contributed by atoms with Gasteiger partial charge in [0.1, 0.15) is 11.6 Å². The summed E-state index contributed by atoms with van der Waals surface area (Å²) in [6.07, 6.45) is 3.30. The summed E-state index contributed by atoms with van der Waals surface area (Å²) in [5.74, 6) is 0.692. The molecule has 5 heteroatoms. The lowest BCUT2D eigenvalue weighted by atomic mass is 10.1. The molecule has 0 aliphatic carbocycles. The summed E-state index contributed by atoms with van der Waals surface area (Å²) >= 11 is 0. The van der Waals surface area contributed by atoms with Crippen LogP contribution in [-0.4, -0.2) is 20.2 Å². The Balaban J connectivity index is 2.26. The number of hydrogen-bond donors (Lipinski definition) is 1. The van der Waals surface area contributed by atoms with Crippen molar-refractivity contribution >= 4 is 10.8 Å². The Morgan fingerprint density at radius 2 is 2.12 bits per heavy atom. The smallest absolute Gasteiger partial charge is 0.184 e. The first kappa shape index (κ1) is 9.89. The highest BCUT2D eigenvalue weighted by molar-refractivity contribution is 5.85. The van der Waals surface area contributed by atoms with E-state index in [0.29, 0.717) is 17.2 Å². The van der Waals surface area contributed by atoms with Crippen molar-refractivity contribution in [3.63, 3.8) is 0 Å². The summed E-state index contributed by atoms with van der Waals surface area (Å²) in [6, 6.07) is 5.01. The lowest BCUT2D eigenvalue weighted by Crippen LogP contribution is -1.88. The van der Waals surface area contributed by atoms with E-state index in [1.807, 2.05) is 6.07 Å². The summed E-state index contributed by atoms with van der Waals surface area (Å²) in [6.45, 7) is 1.78. The van der Waals surface area contributed by atoms with Crippen molar-refractivity contribution < 1.29 is 4.39 Å². The Labute approximate surface area is 96.5 Å². The quantitative estimate of drug-likeness (QED) is 0.696. The van der Waals surface area contributed by atoms with Gasteiger partial charge in [0.25, 0.3) is 0 Å². The monoisotopic (exact) mass is 228 g/mol. The minimum absolute atomic E-state index is 0.343. The fraction of sp³-hybridized carbons (Fsp3) is 0.0833. The van der Waals surface area contributed by atoms with E-state index in [0.717, 1.165) is 10.8 Å². The third-order valence-electron chi connectivity index (χ3n) is 2.56. The average Bonchev–Trinajstić information content (AvgIpc) is 2.75. The Kier molecular flexibility index (Phi) is 2.11. The van der Waals surface area contributed by atoms with Gasteiger partial charge in [-0.3, -0.25) is 10.1 Å². The molecule has 4 nitrogen and oxygen atoms in total. The molecule has 0 aliphatic rings. The zero-order valence-corrected chi connectivity index (χ0v) is 9.11. The van der Waals surface area contributed by atoms with Gasteiger partial charge in [-0.2, -0.15) is 5.10 Å². The minimum atomic E-state index is -0.343. The number of fused-ring (bicyclic) bond motifs is 1. The molecule has 3 aromatic rings. The molecule has 17 heavy (non-hydrogen) atoms. The number of nitrogens with one attached hydrogen (secondary N) is 1. The molecule has 1 N–H and O–H groups in total. The zero-order chi connectivity index (χ0) is 11.8. The number of aromatic amines is 1. The standard InChI is InChI=1S/C12H9FN4/c1-7-15-12(17-16-7)10-4-8-2-3-14-6-9(8)5-11(10)13/h2-6H,1H3,(H,15,16,17). The number of benzene rings is 1. The molecule has 0 spiro atoms. The molecule has 0 amide bonds. The van der Waals surface area contributed by atoms with E-state index in [-0.39, 0.29) is 5.82 Å². The van der Waals surface area contributed by atoms with E-state index < -0.39 is 0 Å². The van der Waals surface area contributed by atoms with E-state index in [1.165, 1.54) is 6.07 Å². The fourth-order valence-corrected chi connectivity index (χ4v) is 1.74. The second-order valence-electron chi connectivity index (χ2n) is 3.80.